The highest BCUT2D eigenvalue weighted by atomic mass is 31.2. The number of hydrogen-bond acceptors (Lipinski definition) is 9. The SMILES string of the molecule is CCCCCCCCCCCCCCCCCC(=O)OC[C@@H](COP(=O)(O)OC[C@H](O)CO)OC(=O)CCCCCCCCCCC. The lowest BCUT2D eigenvalue weighted by Gasteiger charge is -2.20. The van der Waals surface area contributed by atoms with Crippen molar-refractivity contribution < 1.29 is 47.8 Å². The van der Waals surface area contributed by atoms with Gasteiger partial charge in [0, 0.05) is 12.8 Å². The molecule has 0 bridgehead atoms. The Morgan fingerprint density at radius 1 is 0.553 bits per heavy atom. The first kappa shape index (κ1) is 46.0. The number of aliphatic hydroxyl groups is 2. The van der Waals surface area contributed by atoms with Crippen molar-refractivity contribution in [2.75, 3.05) is 26.4 Å². The van der Waals surface area contributed by atoms with Gasteiger partial charge in [0.1, 0.15) is 12.7 Å². The van der Waals surface area contributed by atoms with Gasteiger partial charge < -0.3 is 24.6 Å². The van der Waals surface area contributed by atoms with Gasteiger partial charge in [-0.05, 0) is 12.8 Å². The first-order valence-electron chi connectivity index (χ1n) is 19.0. The number of hydrogen-bond donors (Lipinski definition) is 3. The van der Waals surface area contributed by atoms with Crippen LogP contribution in [-0.2, 0) is 32.7 Å². The van der Waals surface area contributed by atoms with Crippen molar-refractivity contribution in [3.05, 3.63) is 0 Å². The lowest BCUT2D eigenvalue weighted by atomic mass is 10.0. The lowest BCUT2D eigenvalue weighted by molar-refractivity contribution is -0.161. The zero-order valence-corrected chi connectivity index (χ0v) is 30.9. The van der Waals surface area contributed by atoms with E-state index < -0.39 is 51.8 Å². The Morgan fingerprint density at radius 3 is 1.32 bits per heavy atom. The van der Waals surface area contributed by atoms with Crippen LogP contribution in [0.3, 0.4) is 0 Å². The van der Waals surface area contributed by atoms with Crippen LogP contribution < -0.4 is 0 Å². The van der Waals surface area contributed by atoms with E-state index in [1.165, 1.54) is 109 Å². The maximum atomic E-state index is 12.5. The molecule has 3 atom stereocenters. The summed E-state index contributed by atoms with van der Waals surface area (Å²) in [6, 6.07) is 0. The van der Waals surface area contributed by atoms with Crippen LogP contribution in [0.2, 0.25) is 0 Å². The van der Waals surface area contributed by atoms with Gasteiger partial charge in [-0.15, -0.1) is 0 Å². The zero-order valence-electron chi connectivity index (χ0n) is 30.0. The van der Waals surface area contributed by atoms with E-state index >= 15 is 0 Å². The number of aliphatic hydroxyl groups excluding tert-OH is 2. The van der Waals surface area contributed by atoms with E-state index in [2.05, 4.69) is 18.4 Å². The first-order chi connectivity index (χ1) is 22.7. The fraction of sp³-hybridized carbons (Fsp3) is 0.944. The van der Waals surface area contributed by atoms with Crippen molar-refractivity contribution in [2.24, 2.45) is 0 Å². The van der Waals surface area contributed by atoms with Gasteiger partial charge >= 0.3 is 19.8 Å². The van der Waals surface area contributed by atoms with Crippen molar-refractivity contribution in [3.63, 3.8) is 0 Å². The molecule has 0 saturated carbocycles. The summed E-state index contributed by atoms with van der Waals surface area (Å²) in [6.07, 6.45) is 26.5. The van der Waals surface area contributed by atoms with Crippen LogP contribution in [0.5, 0.6) is 0 Å². The lowest BCUT2D eigenvalue weighted by Crippen LogP contribution is -2.29. The minimum Gasteiger partial charge on any atom is -0.462 e. The Balaban J connectivity index is 4.28. The smallest absolute Gasteiger partial charge is 0.462 e. The van der Waals surface area contributed by atoms with Crippen molar-refractivity contribution >= 4 is 19.8 Å². The van der Waals surface area contributed by atoms with E-state index in [0.717, 1.165) is 32.1 Å². The number of carbonyl (C=O) groups is 2. The summed E-state index contributed by atoms with van der Waals surface area (Å²) in [5, 5.41) is 18.2. The molecule has 0 aliphatic heterocycles. The van der Waals surface area contributed by atoms with E-state index in [0.29, 0.717) is 12.8 Å². The Labute approximate surface area is 286 Å². The molecule has 11 heteroatoms. The van der Waals surface area contributed by atoms with Crippen molar-refractivity contribution in [3.8, 4) is 0 Å². The molecule has 1 unspecified atom stereocenters. The molecular formula is C36H71O10P. The molecule has 0 aromatic carbocycles. The molecule has 0 aliphatic rings. The number of esters is 2. The number of phosphoric ester groups is 1. The topological polar surface area (TPSA) is 149 Å². The van der Waals surface area contributed by atoms with Crippen LogP contribution in [0, 0.1) is 0 Å². The Kier molecular flexibility index (Phi) is 32.7. The summed E-state index contributed by atoms with van der Waals surface area (Å²) in [5.41, 5.74) is 0. The number of carbonyl (C=O) groups excluding carboxylic acids is 2. The predicted molar refractivity (Wildman–Crippen MR) is 187 cm³/mol. The fourth-order valence-electron chi connectivity index (χ4n) is 5.29. The fourth-order valence-corrected chi connectivity index (χ4v) is 6.08. The van der Waals surface area contributed by atoms with Gasteiger partial charge in [-0.1, -0.05) is 155 Å². The normalized spacial score (nSPS) is 14.1. The van der Waals surface area contributed by atoms with Gasteiger partial charge in [-0.2, -0.15) is 0 Å². The van der Waals surface area contributed by atoms with Crippen molar-refractivity contribution in [1.29, 1.82) is 0 Å². The second-order valence-electron chi connectivity index (χ2n) is 13.0. The predicted octanol–water partition coefficient (Wildman–Crippen LogP) is 9.11. The average molecular weight is 695 g/mol. The standard InChI is InChI=1S/C36H71O10P/c1-3-5-7-9-11-13-14-15-16-17-18-20-21-23-25-27-35(39)43-31-34(32-45-47(41,42)44-30-33(38)29-37)46-36(40)28-26-24-22-19-12-10-8-6-4-2/h33-34,37-38H,3-32H2,1-2H3,(H,41,42)/t33-,34+/m1/s1. The van der Waals surface area contributed by atoms with Crippen LogP contribution in [0.4, 0.5) is 0 Å². The molecule has 0 heterocycles. The van der Waals surface area contributed by atoms with Crippen molar-refractivity contribution in [2.45, 2.75) is 193 Å². The molecule has 47 heavy (non-hydrogen) atoms. The molecule has 0 radical (unpaired) electrons. The number of phosphoric acid groups is 1. The molecule has 0 aromatic rings. The van der Waals surface area contributed by atoms with Crippen molar-refractivity contribution in [1.82, 2.24) is 0 Å². The third-order valence-corrected chi connectivity index (χ3v) is 9.21. The number of unbranched alkanes of at least 4 members (excludes halogenated alkanes) is 22. The van der Waals surface area contributed by atoms with E-state index in [1.54, 1.807) is 0 Å². The average Bonchev–Trinajstić information content (AvgIpc) is 3.05. The van der Waals surface area contributed by atoms with Crippen LogP contribution >= 0.6 is 7.82 Å². The molecule has 0 aliphatic carbocycles. The summed E-state index contributed by atoms with van der Waals surface area (Å²) >= 11 is 0. The summed E-state index contributed by atoms with van der Waals surface area (Å²) in [6.45, 7) is 2.36. The highest BCUT2D eigenvalue weighted by Crippen LogP contribution is 2.43. The summed E-state index contributed by atoms with van der Waals surface area (Å²) < 4.78 is 32.5. The van der Waals surface area contributed by atoms with E-state index in [-0.39, 0.29) is 19.4 Å². The van der Waals surface area contributed by atoms with Crippen LogP contribution in [0.15, 0.2) is 0 Å². The maximum Gasteiger partial charge on any atom is 0.472 e. The molecule has 10 nitrogen and oxygen atoms in total. The van der Waals surface area contributed by atoms with Crippen LogP contribution in [-0.4, -0.2) is 65.7 Å². The Bertz CT molecular complexity index is 766. The molecule has 0 saturated heterocycles. The van der Waals surface area contributed by atoms with Crippen LogP contribution in [0.25, 0.3) is 0 Å². The molecule has 0 amide bonds. The summed E-state index contributed by atoms with van der Waals surface area (Å²) in [7, 11) is -4.60. The number of ether oxygens (including phenoxy) is 2. The van der Waals surface area contributed by atoms with Gasteiger partial charge in [0.2, 0.25) is 0 Å². The quantitative estimate of drug-likeness (QED) is 0.0329. The summed E-state index contributed by atoms with van der Waals surface area (Å²) in [5.74, 6) is -0.918. The Morgan fingerprint density at radius 2 is 0.915 bits per heavy atom. The highest BCUT2D eigenvalue weighted by molar-refractivity contribution is 7.47. The molecule has 0 rings (SSSR count). The third-order valence-electron chi connectivity index (χ3n) is 8.26. The Hall–Kier alpha value is -1.03. The van der Waals surface area contributed by atoms with Gasteiger partial charge in [0.15, 0.2) is 6.10 Å². The third kappa shape index (κ3) is 33.3. The molecule has 0 fully saturated rings. The largest absolute Gasteiger partial charge is 0.472 e. The minimum atomic E-state index is -4.60. The minimum absolute atomic E-state index is 0.190. The second kappa shape index (κ2) is 33.5. The molecule has 280 valence electrons. The van der Waals surface area contributed by atoms with Gasteiger partial charge in [0.25, 0.3) is 0 Å². The molecule has 0 spiro atoms. The zero-order chi connectivity index (χ0) is 34.9. The second-order valence-corrected chi connectivity index (χ2v) is 14.4. The molecular weight excluding hydrogens is 623 g/mol. The number of rotatable bonds is 36. The van der Waals surface area contributed by atoms with E-state index in [1.807, 2.05) is 0 Å². The highest BCUT2D eigenvalue weighted by Gasteiger charge is 2.27. The monoisotopic (exact) mass is 694 g/mol. The first-order valence-corrected chi connectivity index (χ1v) is 20.5. The summed E-state index contributed by atoms with van der Waals surface area (Å²) in [4.78, 5) is 34.7. The van der Waals surface area contributed by atoms with E-state index in [9.17, 15) is 24.2 Å². The maximum absolute atomic E-state index is 12.5. The molecule has 0 aromatic heterocycles. The van der Waals surface area contributed by atoms with Gasteiger partial charge in [-0.3, -0.25) is 18.6 Å². The van der Waals surface area contributed by atoms with E-state index in [4.69, 9.17) is 19.1 Å². The van der Waals surface area contributed by atoms with Crippen LogP contribution in [0.1, 0.15) is 181 Å². The van der Waals surface area contributed by atoms with Gasteiger partial charge in [-0.25, -0.2) is 4.57 Å². The van der Waals surface area contributed by atoms with Gasteiger partial charge in [0.05, 0.1) is 19.8 Å². The molecule has 3 N–H and O–H groups in total.